The molecule has 0 aliphatic rings. The maximum absolute atomic E-state index is 11.6. The predicted octanol–water partition coefficient (Wildman–Crippen LogP) is 1.83. The third kappa shape index (κ3) is 3.58. The van der Waals surface area contributed by atoms with Crippen molar-refractivity contribution in [2.75, 3.05) is 20.2 Å². The molecule has 6 heteroatoms. The first-order valence-corrected chi connectivity index (χ1v) is 6.21. The quantitative estimate of drug-likeness (QED) is 0.839. The van der Waals surface area contributed by atoms with Crippen molar-refractivity contribution >= 4 is 34.7 Å². The van der Waals surface area contributed by atoms with Crippen molar-refractivity contribution < 1.29 is 9.53 Å². The van der Waals surface area contributed by atoms with Crippen LogP contribution in [0, 0.1) is 0 Å². The molecule has 0 aliphatic heterocycles. The SMILES string of the molecule is CCN(C)C(=O)COc1cccc(Cl)c1C(N)=S. The lowest BCUT2D eigenvalue weighted by molar-refractivity contribution is -0.131. The molecular weight excluding hydrogens is 272 g/mol. The number of halogens is 1. The van der Waals surface area contributed by atoms with Gasteiger partial charge in [0.2, 0.25) is 0 Å². The third-order valence-electron chi connectivity index (χ3n) is 2.47. The van der Waals surface area contributed by atoms with E-state index in [4.69, 9.17) is 34.3 Å². The highest BCUT2D eigenvalue weighted by atomic mass is 35.5. The van der Waals surface area contributed by atoms with Gasteiger partial charge in [-0.1, -0.05) is 29.9 Å². The van der Waals surface area contributed by atoms with Gasteiger partial charge in [0.25, 0.3) is 5.91 Å². The second kappa shape index (κ2) is 6.56. The van der Waals surface area contributed by atoms with Gasteiger partial charge in [-0.15, -0.1) is 0 Å². The van der Waals surface area contributed by atoms with Gasteiger partial charge in [-0.25, -0.2) is 0 Å². The summed E-state index contributed by atoms with van der Waals surface area (Å²) in [6.45, 7) is 2.44. The average Bonchev–Trinajstić information content (AvgIpc) is 2.34. The molecule has 0 atom stereocenters. The number of likely N-dealkylation sites (N-methyl/N-ethyl adjacent to an activating group) is 1. The maximum Gasteiger partial charge on any atom is 0.260 e. The van der Waals surface area contributed by atoms with Gasteiger partial charge in [-0.05, 0) is 19.1 Å². The monoisotopic (exact) mass is 286 g/mol. The number of rotatable bonds is 5. The van der Waals surface area contributed by atoms with Crippen LogP contribution in [0.2, 0.25) is 5.02 Å². The van der Waals surface area contributed by atoms with Gasteiger partial charge in [-0.2, -0.15) is 0 Å². The molecular formula is C12H15ClN2O2S. The second-order valence-corrected chi connectivity index (χ2v) is 4.52. The number of carbonyl (C=O) groups excluding carboxylic acids is 1. The molecule has 1 aromatic rings. The van der Waals surface area contributed by atoms with Crippen LogP contribution in [0.25, 0.3) is 0 Å². The fraction of sp³-hybridized carbons (Fsp3) is 0.333. The molecule has 0 aliphatic carbocycles. The lowest BCUT2D eigenvalue weighted by Gasteiger charge is -2.16. The zero-order valence-electron chi connectivity index (χ0n) is 10.3. The molecule has 0 heterocycles. The highest BCUT2D eigenvalue weighted by Crippen LogP contribution is 2.26. The molecule has 2 N–H and O–H groups in total. The summed E-state index contributed by atoms with van der Waals surface area (Å²) in [5.41, 5.74) is 6.04. The summed E-state index contributed by atoms with van der Waals surface area (Å²) in [5, 5.41) is 0.413. The smallest absolute Gasteiger partial charge is 0.260 e. The summed E-state index contributed by atoms with van der Waals surface area (Å²) < 4.78 is 5.42. The fourth-order valence-electron chi connectivity index (χ4n) is 1.29. The molecule has 0 saturated carbocycles. The van der Waals surface area contributed by atoms with E-state index >= 15 is 0 Å². The molecule has 98 valence electrons. The van der Waals surface area contributed by atoms with Crippen LogP contribution in [-0.4, -0.2) is 36.0 Å². The molecule has 0 radical (unpaired) electrons. The molecule has 0 fully saturated rings. The van der Waals surface area contributed by atoms with E-state index < -0.39 is 0 Å². The minimum Gasteiger partial charge on any atom is -0.483 e. The van der Waals surface area contributed by atoms with E-state index in [2.05, 4.69) is 0 Å². The summed E-state index contributed by atoms with van der Waals surface area (Å²) in [5.74, 6) is 0.305. The molecule has 0 spiro atoms. The number of nitrogens with two attached hydrogens (primary N) is 1. The van der Waals surface area contributed by atoms with Crippen LogP contribution in [0.15, 0.2) is 18.2 Å². The Balaban J connectivity index is 2.83. The topological polar surface area (TPSA) is 55.6 Å². The van der Waals surface area contributed by atoms with Crippen LogP contribution in [0.4, 0.5) is 0 Å². The zero-order chi connectivity index (χ0) is 13.7. The van der Waals surface area contributed by atoms with Gasteiger partial charge >= 0.3 is 0 Å². The molecule has 0 bridgehead atoms. The largest absolute Gasteiger partial charge is 0.483 e. The highest BCUT2D eigenvalue weighted by Gasteiger charge is 2.13. The van der Waals surface area contributed by atoms with Gasteiger partial charge in [0.15, 0.2) is 6.61 Å². The molecule has 18 heavy (non-hydrogen) atoms. The summed E-state index contributed by atoms with van der Waals surface area (Å²) in [6.07, 6.45) is 0. The van der Waals surface area contributed by atoms with Crippen molar-refractivity contribution in [1.82, 2.24) is 4.90 Å². The van der Waals surface area contributed by atoms with Gasteiger partial charge < -0.3 is 15.4 Å². The summed E-state index contributed by atoms with van der Waals surface area (Å²) in [4.78, 5) is 13.3. The lowest BCUT2D eigenvalue weighted by atomic mass is 10.2. The van der Waals surface area contributed by atoms with E-state index in [1.807, 2.05) is 6.92 Å². The van der Waals surface area contributed by atoms with Crippen LogP contribution >= 0.6 is 23.8 Å². The van der Waals surface area contributed by atoms with Gasteiger partial charge in [-0.3, -0.25) is 4.79 Å². The Kier molecular flexibility index (Phi) is 5.37. The number of thiocarbonyl (C=S) groups is 1. The number of benzene rings is 1. The summed E-state index contributed by atoms with van der Waals surface area (Å²) >= 11 is 10.9. The first-order valence-electron chi connectivity index (χ1n) is 5.42. The second-order valence-electron chi connectivity index (χ2n) is 3.67. The number of hydrogen-bond donors (Lipinski definition) is 1. The van der Waals surface area contributed by atoms with Crippen molar-refractivity contribution in [2.45, 2.75) is 6.92 Å². The molecule has 4 nitrogen and oxygen atoms in total. The van der Waals surface area contributed by atoms with E-state index in [0.717, 1.165) is 0 Å². The molecule has 1 aromatic carbocycles. The van der Waals surface area contributed by atoms with Crippen LogP contribution in [-0.2, 0) is 4.79 Å². The van der Waals surface area contributed by atoms with Crippen molar-refractivity contribution in [1.29, 1.82) is 0 Å². The van der Waals surface area contributed by atoms with E-state index in [0.29, 0.717) is 22.9 Å². The van der Waals surface area contributed by atoms with E-state index in [-0.39, 0.29) is 17.5 Å². The van der Waals surface area contributed by atoms with Crippen LogP contribution in [0.3, 0.4) is 0 Å². The van der Waals surface area contributed by atoms with E-state index in [1.165, 1.54) is 0 Å². The molecule has 0 unspecified atom stereocenters. The number of carbonyl (C=O) groups is 1. The molecule has 0 aromatic heterocycles. The summed E-state index contributed by atoms with van der Waals surface area (Å²) in [6, 6.07) is 5.07. The van der Waals surface area contributed by atoms with Gasteiger partial charge in [0, 0.05) is 13.6 Å². The van der Waals surface area contributed by atoms with Crippen LogP contribution in [0.1, 0.15) is 12.5 Å². The molecule has 1 amide bonds. The normalized spacial score (nSPS) is 9.94. The predicted molar refractivity (Wildman–Crippen MR) is 76.1 cm³/mol. The molecule has 0 saturated heterocycles. The zero-order valence-corrected chi connectivity index (χ0v) is 11.8. The van der Waals surface area contributed by atoms with Crippen molar-refractivity contribution in [2.24, 2.45) is 5.73 Å². The third-order valence-corrected chi connectivity index (χ3v) is 2.99. The van der Waals surface area contributed by atoms with E-state index in [9.17, 15) is 4.79 Å². The Labute approximate surface area is 117 Å². The van der Waals surface area contributed by atoms with Crippen molar-refractivity contribution in [3.05, 3.63) is 28.8 Å². The Morgan fingerprint density at radius 3 is 2.78 bits per heavy atom. The Morgan fingerprint density at radius 1 is 1.56 bits per heavy atom. The first-order chi connectivity index (χ1) is 8.47. The first kappa shape index (κ1) is 14.7. The maximum atomic E-state index is 11.6. The average molecular weight is 287 g/mol. The number of hydrogen-bond acceptors (Lipinski definition) is 3. The highest BCUT2D eigenvalue weighted by molar-refractivity contribution is 7.80. The fourth-order valence-corrected chi connectivity index (χ4v) is 1.82. The Morgan fingerprint density at radius 2 is 2.22 bits per heavy atom. The summed E-state index contributed by atoms with van der Waals surface area (Å²) in [7, 11) is 1.71. The minimum absolute atomic E-state index is 0.0692. The Bertz CT molecular complexity index is 465. The van der Waals surface area contributed by atoms with Crippen LogP contribution < -0.4 is 10.5 Å². The number of nitrogens with zero attached hydrogens (tertiary/aromatic N) is 1. The minimum atomic E-state index is -0.119. The van der Waals surface area contributed by atoms with Crippen LogP contribution in [0.5, 0.6) is 5.75 Å². The lowest BCUT2D eigenvalue weighted by Crippen LogP contribution is -2.31. The number of ether oxygens (including phenoxy) is 1. The standard InChI is InChI=1S/C12H15ClN2O2S/c1-3-15(2)10(16)7-17-9-6-4-5-8(13)11(9)12(14)18/h4-6H,3,7H2,1-2H3,(H2,14,18). The van der Waals surface area contributed by atoms with Crippen molar-refractivity contribution in [3.63, 3.8) is 0 Å². The number of amides is 1. The van der Waals surface area contributed by atoms with E-state index in [1.54, 1.807) is 30.1 Å². The van der Waals surface area contributed by atoms with Crippen molar-refractivity contribution in [3.8, 4) is 5.75 Å². The molecule has 1 rings (SSSR count). The van der Waals surface area contributed by atoms with Gasteiger partial charge in [0.1, 0.15) is 10.7 Å². The Hall–Kier alpha value is -1.33. The van der Waals surface area contributed by atoms with Gasteiger partial charge in [0.05, 0.1) is 10.6 Å².